The molecule has 1 heterocycles. The predicted molar refractivity (Wildman–Crippen MR) is 126 cm³/mol. The van der Waals surface area contributed by atoms with E-state index in [1.165, 1.54) is 17.4 Å². The first-order chi connectivity index (χ1) is 15.1. The summed E-state index contributed by atoms with van der Waals surface area (Å²) < 4.78 is 10.9. The monoisotopic (exact) mass is 435 g/mol. The zero-order chi connectivity index (χ0) is 22.1. The molecule has 1 amide bonds. The largest absolute Gasteiger partial charge is 0.494 e. The third-order valence-electron chi connectivity index (χ3n) is 4.37. The van der Waals surface area contributed by atoms with E-state index in [2.05, 4.69) is 12.2 Å². The Balaban J connectivity index is 1.84. The minimum Gasteiger partial charge on any atom is -0.494 e. The van der Waals surface area contributed by atoms with Crippen LogP contribution in [0.2, 0.25) is 0 Å². The van der Waals surface area contributed by atoms with Crippen molar-refractivity contribution in [2.24, 2.45) is 0 Å². The maximum Gasteiger partial charge on any atom is 0.341 e. The first-order valence-electron chi connectivity index (χ1n) is 10.2. The summed E-state index contributed by atoms with van der Waals surface area (Å²) in [6.45, 7) is 4.71. The molecule has 0 aliphatic carbocycles. The van der Waals surface area contributed by atoms with E-state index in [0.717, 1.165) is 23.3 Å². The smallest absolute Gasteiger partial charge is 0.341 e. The lowest BCUT2D eigenvalue weighted by Crippen LogP contribution is -2.12. The van der Waals surface area contributed by atoms with E-state index >= 15 is 0 Å². The topological polar surface area (TPSA) is 64.6 Å². The molecule has 0 fully saturated rings. The van der Waals surface area contributed by atoms with Crippen molar-refractivity contribution in [3.63, 3.8) is 0 Å². The maximum atomic E-state index is 12.7. The highest BCUT2D eigenvalue weighted by atomic mass is 32.1. The van der Waals surface area contributed by atoms with Crippen LogP contribution in [0.4, 0.5) is 5.00 Å². The molecule has 0 saturated heterocycles. The highest BCUT2D eigenvalue weighted by Crippen LogP contribution is 2.37. The van der Waals surface area contributed by atoms with Crippen LogP contribution in [0.15, 0.2) is 66.1 Å². The van der Waals surface area contributed by atoms with Crippen LogP contribution in [-0.2, 0) is 9.53 Å². The summed E-state index contributed by atoms with van der Waals surface area (Å²) in [6.07, 6.45) is 4.10. The Morgan fingerprint density at radius 2 is 1.77 bits per heavy atom. The van der Waals surface area contributed by atoms with Gasteiger partial charge in [0.05, 0.1) is 13.2 Å². The van der Waals surface area contributed by atoms with Crippen molar-refractivity contribution in [3.05, 3.63) is 77.2 Å². The fourth-order valence-electron chi connectivity index (χ4n) is 2.91. The molecule has 2 aromatic carbocycles. The van der Waals surface area contributed by atoms with Gasteiger partial charge < -0.3 is 14.8 Å². The van der Waals surface area contributed by atoms with Crippen molar-refractivity contribution >= 4 is 34.3 Å². The van der Waals surface area contributed by atoms with Gasteiger partial charge in [0.2, 0.25) is 5.91 Å². The number of carbonyl (C=O) groups excluding carboxylic acids is 2. The number of ether oxygens (including phenoxy) is 2. The highest BCUT2D eigenvalue weighted by Gasteiger charge is 2.22. The van der Waals surface area contributed by atoms with E-state index in [0.29, 0.717) is 22.7 Å². The Hall–Kier alpha value is -3.38. The number of thiophene rings is 1. The average molecular weight is 436 g/mol. The second-order valence-electron chi connectivity index (χ2n) is 6.68. The fraction of sp³-hybridized carbons (Fsp3) is 0.200. The Morgan fingerprint density at radius 1 is 1.03 bits per heavy atom. The van der Waals surface area contributed by atoms with Crippen LogP contribution in [0.5, 0.6) is 5.75 Å². The van der Waals surface area contributed by atoms with Gasteiger partial charge in [-0.05, 0) is 42.7 Å². The predicted octanol–water partition coefficient (Wildman–Crippen LogP) is 6.03. The SMILES string of the molecule is CCCOc1ccc(-c2csc(NC(=O)/C=C/c3ccccc3)c2C(=O)OCC)cc1. The Kier molecular flexibility index (Phi) is 8.01. The molecular formula is C25H25NO4S. The maximum absolute atomic E-state index is 12.7. The Morgan fingerprint density at radius 3 is 2.45 bits per heavy atom. The minimum absolute atomic E-state index is 0.249. The molecule has 5 nitrogen and oxygen atoms in total. The number of anilines is 1. The van der Waals surface area contributed by atoms with Crippen LogP contribution in [-0.4, -0.2) is 25.1 Å². The summed E-state index contributed by atoms with van der Waals surface area (Å²) in [5, 5.41) is 5.13. The van der Waals surface area contributed by atoms with Crippen LogP contribution in [0.1, 0.15) is 36.2 Å². The number of rotatable bonds is 9. The van der Waals surface area contributed by atoms with Gasteiger partial charge in [0, 0.05) is 17.0 Å². The molecular weight excluding hydrogens is 410 g/mol. The van der Waals surface area contributed by atoms with Gasteiger partial charge in [0.25, 0.3) is 0 Å². The van der Waals surface area contributed by atoms with Crippen LogP contribution < -0.4 is 10.1 Å². The second kappa shape index (κ2) is 11.1. The van der Waals surface area contributed by atoms with E-state index in [4.69, 9.17) is 9.47 Å². The van der Waals surface area contributed by atoms with Gasteiger partial charge in [0.15, 0.2) is 0 Å². The van der Waals surface area contributed by atoms with Crippen molar-refractivity contribution in [2.75, 3.05) is 18.5 Å². The van der Waals surface area contributed by atoms with Gasteiger partial charge in [-0.3, -0.25) is 4.79 Å². The summed E-state index contributed by atoms with van der Waals surface area (Å²) in [6, 6.07) is 17.1. The quantitative estimate of drug-likeness (QED) is 0.329. The van der Waals surface area contributed by atoms with Crippen LogP contribution in [0, 0.1) is 0 Å². The van der Waals surface area contributed by atoms with E-state index < -0.39 is 5.97 Å². The van der Waals surface area contributed by atoms with Gasteiger partial charge in [-0.15, -0.1) is 11.3 Å². The molecule has 0 aliphatic rings. The van der Waals surface area contributed by atoms with E-state index in [1.54, 1.807) is 13.0 Å². The normalized spacial score (nSPS) is 10.8. The van der Waals surface area contributed by atoms with Crippen molar-refractivity contribution in [3.8, 4) is 16.9 Å². The molecule has 1 N–H and O–H groups in total. The fourth-order valence-corrected chi connectivity index (χ4v) is 3.87. The minimum atomic E-state index is -0.465. The van der Waals surface area contributed by atoms with E-state index in [9.17, 15) is 9.59 Å². The van der Waals surface area contributed by atoms with Gasteiger partial charge in [0.1, 0.15) is 16.3 Å². The number of nitrogens with one attached hydrogen (secondary N) is 1. The van der Waals surface area contributed by atoms with Crippen molar-refractivity contribution < 1.29 is 19.1 Å². The van der Waals surface area contributed by atoms with Gasteiger partial charge in [-0.2, -0.15) is 0 Å². The number of hydrogen-bond acceptors (Lipinski definition) is 5. The third-order valence-corrected chi connectivity index (χ3v) is 5.27. The standard InChI is InChI=1S/C25H25NO4S/c1-3-16-30-20-13-11-19(12-14-20)21-17-31-24(23(21)25(28)29-4-2)26-22(27)15-10-18-8-6-5-7-9-18/h5-15,17H,3-4,16H2,1-2H3,(H,26,27)/b15-10+. The number of amides is 1. The lowest BCUT2D eigenvalue weighted by molar-refractivity contribution is -0.111. The summed E-state index contributed by atoms with van der Waals surface area (Å²) >= 11 is 1.30. The van der Waals surface area contributed by atoms with Crippen LogP contribution in [0.3, 0.4) is 0 Å². The molecule has 0 spiro atoms. The molecule has 3 aromatic rings. The van der Waals surface area contributed by atoms with E-state index in [-0.39, 0.29) is 12.5 Å². The molecule has 0 unspecified atom stereocenters. The zero-order valence-electron chi connectivity index (χ0n) is 17.6. The summed E-state index contributed by atoms with van der Waals surface area (Å²) in [4.78, 5) is 25.1. The molecule has 3 rings (SSSR count). The summed E-state index contributed by atoms with van der Waals surface area (Å²) in [5.74, 6) is -0.00315. The molecule has 6 heteroatoms. The Labute approximate surface area is 186 Å². The number of benzene rings is 2. The number of esters is 1. The lowest BCUT2D eigenvalue weighted by atomic mass is 10.0. The molecule has 1 aromatic heterocycles. The van der Waals surface area contributed by atoms with Crippen molar-refractivity contribution in [2.45, 2.75) is 20.3 Å². The molecule has 31 heavy (non-hydrogen) atoms. The summed E-state index contributed by atoms with van der Waals surface area (Å²) in [7, 11) is 0. The second-order valence-corrected chi connectivity index (χ2v) is 7.56. The van der Waals surface area contributed by atoms with Gasteiger partial charge >= 0.3 is 5.97 Å². The van der Waals surface area contributed by atoms with Gasteiger partial charge in [-0.25, -0.2) is 4.79 Å². The first kappa shape index (κ1) is 22.3. The van der Waals surface area contributed by atoms with Gasteiger partial charge in [-0.1, -0.05) is 49.4 Å². The van der Waals surface area contributed by atoms with Crippen LogP contribution >= 0.6 is 11.3 Å². The first-order valence-corrected chi connectivity index (χ1v) is 11.1. The molecule has 0 saturated carbocycles. The Bertz CT molecular complexity index is 1040. The van der Waals surface area contributed by atoms with Crippen LogP contribution in [0.25, 0.3) is 17.2 Å². The zero-order valence-corrected chi connectivity index (χ0v) is 18.4. The number of hydrogen-bond donors (Lipinski definition) is 1. The molecule has 0 bridgehead atoms. The van der Waals surface area contributed by atoms with Crippen molar-refractivity contribution in [1.29, 1.82) is 0 Å². The molecule has 0 aliphatic heterocycles. The highest BCUT2D eigenvalue weighted by molar-refractivity contribution is 7.15. The van der Waals surface area contributed by atoms with E-state index in [1.807, 2.05) is 60.0 Å². The number of carbonyl (C=O) groups is 2. The molecule has 160 valence electrons. The van der Waals surface area contributed by atoms with Crippen molar-refractivity contribution in [1.82, 2.24) is 0 Å². The summed E-state index contributed by atoms with van der Waals surface area (Å²) in [5.41, 5.74) is 2.84. The molecule has 0 radical (unpaired) electrons. The molecule has 0 atom stereocenters. The lowest BCUT2D eigenvalue weighted by Gasteiger charge is -2.09. The third kappa shape index (κ3) is 6.06. The average Bonchev–Trinajstić information content (AvgIpc) is 3.21.